The molecule has 2 aromatic carbocycles. The van der Waals surface area contributed by atoms with Crippen molar-refractivity contribution in [2.24, 2.45) is 16.9 Å². The van der Waals surface area contributed by atoms with Crippen LogP contribution in [0.1, 0.15) is 18.4 Å². The second-order valence-corrected chi connectivity index (χ2v) is 8.91. The molecule has 0 bridgehead atoms. The summed E-state index contributed by atoms with van der Waals surface area (Å²) >= 11 is 13.2. The first-order valence-corrected chi connectivity index (χ1v) is 11.2. The number of anilines is 1. The van der Waals surface area contributed by atoms with Gasteiger partial charge in [0.1, 0.15) is 5.92 Å². The highest BCUT2D eigenvalue weighted by Crippen LogP contribution is 2.40. The molecule has 2 heterocycles. The molecule has 3 aromatic rings. The number of thiazole rings is 1. The van der Waals surface area contributed by atoms with Gasteiger partial charge in [-0.15, -0.1) is 11.3 Å². The van der Waals surface area contributed by atoms with Crippen molar-refractivity contribution in [1.82, 2.24) is 4.98 Å². The molecule has 0 fully saturated rings. The number of aromatic nitrogens is 1. The van der Waals surface area contributed by atoms with Crippen LogP contribution < -0.4 is 5.01 Å². The summed E-state index contributed by atoms with van der Waals surface area (Å²) in [5.74, 6) is -2.80. The van der Waals surface area contributed by atoms with Crippen LogP contribution in [-0.2, 0) is 4.79 Å². The van der Waals surface area contributed by atoms with Gasteiger partial charge in [-0.05, 0) is 36.8 Å². The van der Waals surface area contributed by atoms with Crippen molar-refractivity contribution in [3.05, 3.63) is 69.5 Å². The zero-order valence-electron chi connectivity index (χ0n) is 16.7. The summed E-state index contributed by atoms with van der Waals surface area (Å²) in [6, 6.07) is 18.1. The van der Waals surface area contributed by atoms with Crippen LogP contribution in [0, 0.1) is 34.5 Å². The average molecular weight is 480 g/mol. The molecule has 1 aliphatic heterocycles. The lowest BCUT2D eigenvalue weighted by molar-refractivity contribution is -0.120. The second-order valence-electron chi connectivity index (χ2n) is 7.20. The monoisotopic (exact) mass is 479 g/mol. The number of carbonyl (C=O) groups excluding carboxylic acids is 1. The zero-order valence-corrected chi connectivity index (χ0v) is 19.1. The van der Waals surface area contributed by atoms with Crippen molar-refractivity contribution in [2.45, 2.75) is 12.8 Å². The van der Waals surface area contributed by atoms with Gasteiger partial charge in [0.05, 0.1) is 23.8 Å². The molecule has 158 valence electrons. The highest BCUT2D eigenvalue weighted by Gasteiger charge is 2.45. The van der Waals surface area contributed by atoms with Crippen molar-refractivity contribution in [3.8, 4) is 23.4 Å². The van der Waals surface area contributed by atoms with E-state index in [1.165, 1.54) is 16.3 Å². The number of benzene rings is 2. The summed E-state index contributed by atoms with van der Waals surface area (Å²) in [4.78, 5) is 18.0. The van der Waals surface area contributed by atoms with E-state index in [-0.39, 0.29) is 5.91 Å². The zero-order chi connectivity index (χ0) is 22.8. The Morgan fingerprint density at radius 3 is 2.22 bits per heavy atom. The molecule has 0 saturated heterocycles. The summed E-state index contributed by atoms with van der Waals surface area (Å²) in [5.41, 5.74) is 2.77. The first-order chi connectivity index (χ1) is 15.4. The largest absolute Gasteiger partial charge is 0.272 e. The van der Waals surface area contributed by atoms with E-state index in [0.717, 1.165) is 5.56 Å². The van der Waals surface area contributed by atoms with Crippen molar-refractivity contribution < 1.29 is 4.79 Å². The van der Waals surface area contributed by atoms with E-state index in [1.807, 2.05) is 29.7 Å². The minimum absolute atomic E-state index is 0.324. The summed E-state index contributed by atoms with van der Waals surface area (Å²) in [5, 5.41) is 28.3. The third-order valence-electron chi connectivity index (χ3n) is 5.25. The summed E-state index contributed by atoms with van der Waals surface area (Å²) in [6.07, 6.45) is 0. The van der Waals surface area contributed by atoms with Crippen LogP contribution in [0.15, 0.2) is 59.0 Å². The Morgan fingerprint density at radius 2 is 1.62 bits per heavy atom. The van der Waals surface area contributed by atoms with Crippen LogP contribution in [0.4, 0.5) is 5.13 Å². The Kier molecular flexibility index (Phi) is 6.25. The molecule has 0 radical (unpaired) electrons. The van der Waals surface area contributed by atoms with E-state index in [0.29, 0.717) is 32.1 Å². The van der Waals surface area contributed by atoms with Gasteiger partial charge in [0, 0.05) is 32.6 Å². The fourth-order valence-corrected chi connectivity index (χ4v) is 4.74. The normalized spacial score (nSPS) is 16.6. The summed E-state index contributed by atoms with van der Waals surface area (Å²) in [6.45, 7) is 1.73. The summed E-state index contributed by atoms with van der Waals surface area (Å²) < 4.78 is 0. The molecule has 9 heteroatoms. The number of nitrogens with zero attached hydrogens (tertiary/aromatic N) is 5. The van der Waals surface area contributed by atoms with Gasteiger partial charge in [-0.2, -0.15) is 20.6 Å². The Morgan fingerprint density at radius 1 is 1.03 bits per heavy atom. The number of hydrazone groups is 1. The van der Waals surface area contributed by atoms with Gasteiger partial charge in [0.15, 0.2) is 0 Å². The van der Waals surface area contributed by atoms with Crippen LogP contribution in [0.3, 0.4) is 0 Å². The van der Waals surface area contributed by atoms with Gasteiger partial charge in [-0.25, -0.2) is 4.98 Å². The third-order valence-corrected chi connectivity index (χ3v) is 6.57. The van der Waals surface area contributed by atoms with E-state index in [2.05, 4.69) is 10.1 Å². The lowest BCUT2D eigenvalue weighted by atomic mass is 9.76. The van der Waals surface area contributed by atoms with Gasteiger partial charge in [0.2, 0.25) is 5.13 Å². The van der Waals surface area contributed by atoms with E-state index in [9.17, 15) is 15.3 Å². The fraction of sp³-hybridized carbons (Fsp3) is 0.174. The predicted molar refractivity (Wildman–Crippen MR) is 126 cm³/mol. The van der Waals surface area contributed by atoms with Crippen LogP contribution in [0.5, 0.6) is 0 Å². The number of amides is 1. The molecule has 6 nitrogen and oxygen atoms in total. The minimum Gasteiger partial charge on any atom is -0.272 e. The first kappa shape index (κ1) is 22.0. The van der Waals surface area contributed by atoms with E-state index in [1.54, 1.807) is 43.3 Å². The SMILES string of the molecule is CC1=NN(c2nc(-c3ccc(Cl)cc3)cs2)C(=O)[C@@H]1[C@H](c1ccc(Cl)cc1)C(C#N)C#N. The number of nitriles is 2. The number of carbonyl (C=O) groups is 1. The number of halogens is 2. The molecule has 2 atom stereocenters. The minimum atomic E-state index is -1.03. The van der Waals surface area contributed by atoms with Crippen LogP contribution in [0.25, 0.3) is 11.3 Å². The third kappa shape index (κ3) is 4.11. The molecule has 0 aliphatic carbocycles. The van der Waals surface area contributed by atoms with Crippen LogP contribution in [0.2, 0.25) is 10.0 Å². The van der Waals surface area contributed by atoms with Crippen molar-refractivity contribution >= 4 is 51.3 Å². The molecular formula is C23H15Cl2N5OS. The quantitative estimate of drug-likeness (QED) is 0.454. The standard InChI is InChI=1S/C23H15Cl2N5OS/c1-13-20(21(16(10-26)11-27)15-4-8-18(25)9-5-15)22(31)30(29-13)23-28-19(12-32-23)14-2-6-17(24)7-3-14/h2-9,12,16,20-21H,1H3/t20-,21+/m0/s1. The number of rotatable bonds is 5. The maximum atomic E-state index is 13.4. The maximum absolute atomic E-state index is 13.4. The lowest BCUT2D eigenvalue weighted by Gasteiger charge is -2.24. The molecule has 4 rings (SSSR count). The van der Waals surface area contributed by atoms with E-state index < -0.39 is 17.8 Å². The first-order valence-electron chi connectivity index (χ1n) is 9.58. The molecular weight excluding hydrogens is 465 g/mol. The van der Waals surface area contributed by atoms with E-state index >= 15 is 0 Å². The Balaban J connectivity index is 1.68. The topological polar surface area (TPSA) is 93.1 Å². The van der Waals surface area contributed by atoms with Gasteiger partial charge >= 0.3 is 0 Å². The van der Waals surface area contributed by atoms with Crippen LogP contribution >= 0.6 is 34.5 Å². The molecule has 1 amide bonds. The van der Waals surface area contributed by atoms with Crippen molar-refractivity contribution in [2.75, 3.05) is 5.01 Å². The highest BCUT2D eigenvalue weighted by atomic mass is 35.5. The Bertz CT molecular complexity index is 1260. The Hall–Kier alpha value is -3.23. The van der Waals surface area contributed by atoms with Gasteiger partial charge in [-0.1, -0.05) is 47.5 Å². The molecule has 0 N–H and O–H groups in total. The average Bonchev–Trinajstić information content (AvgIpc) is 3.38. The second kappa shape index (κ2) is 9.10. The maximum Gasteiger partial charge on any atom is 0.259 e. The molecule has 1 aromatic heterocycles. The number of hydrogen-bond acceptors (Lipinski definition) is 6. The molecule has 1 aliphatic rings. The van der Waals surface area contributed by atoms with E-state index in [4.69, 9.17) is 23.2 Å². The fourth-order valence-electron chi connectivity index (χ4n) is 3.70. The molecule has 0 unspecified atom stereocenters. The molecule has 0 spiro atoms. The number of hydrogen-bond donors (Lipinski definition) is 0. The molecule has 0 saturated carbocycles. The lowest BCUT2D eigenvalue weighted by Crippen LogP contribution is -2.34. The van der Waals surface area contributed by atoms with Gasteiger partial charge < -0.3 is 0 Å². The van der Waals surface area contributed by atoms with Crippen molar-refractivity contribution in [3.63, 3.8) is 0 Å². The predicted octanol–water partition coefficient (Wildman–Crippen LogP) is 5.90. The Labute approximate surface area is 198 Å². The van der Waals surface area contributed by atoms with Gasteiger partial charge in [0.25, 0.3) is 5.91 Å². The smallest absolute Gasteiger partial charge is 0.259 e. The highest BCUT2D eigenvalue weighted by molar-refractivity contribution is 7.14. The van der Waals surface area contributed by atoms with Crippen LogP contribution in [-0.4, -0.2) is 16.6 Å². The summed E-state index contributed by atoms with van der Waals surface area (Å²) in [7, 11) is 0. The molecule has 32 heavy (non-hydrogen) atoms. The van der Waals surface area contributed by atoms with Crippen molar-refractivity contribution in [1.29, 1.82) is 10.5 Å². The van der Waals surface area contributed by atoms with Gasteiger partial charge in [-0.3, -0.25) is 4.79 Å².